The molecule has 0 heterocycles. The quantitative estimate of drug-likeness (QED) is 0.535. The minimum absolute atomic E-state index is 0.211. The van der Waals surface area contributed by atoms with Gasteiger partial charge >= 0.3 is 5.97 Å². The van der Waals surface area contributed by atoms with E-state index >= 15 is 0 Å². The Hall–Kier alpha value is -2.69. The van der Waals surface area contributed by atoms with E-state index < -0.39 is 5.97 Å². The zero-order chi connectivity index (χ0) is 18.5. The lowest BCUT2D eigenvalue weighted by Gasteiger charge is -2.24. The minimum atomic E-state index is -0.963. The Morgan fingerprint density at radius 3 is 1.54 bits per heavy atom. The molecule has 0 saturated heterocycles. The standard InChI is InChI=1S/C20H16Cl2N2O2/c21-23(15-8-3-1-4-9-15)18-12-7-13-19(17(18)14-20(25)26)24(22)16-10-5-2-6-11-16/h1-13H,14H2,(H,25,26). The monoisotopic (exact) mass is 386 g/mol. The van der Waals surface area contributed by atoms with Crippen molar-refractivity contribution in [2.45, 2.75) is 6.42 Å². The third-order valence-corrected chi connectivity index (χ3v) is 4.60. The number of benzene rings is 3. The van der Waals surface area contributed by atoms with Crippen molar-refractivity contribution in [1.29, 1.82) is 0 Å². The van der Waals surface area contributed by atoms with Crippen LogP contribution in [0.15, 0.2) is 78.9 Å². The first-order chi connectivity index (χ1) is 12.6. The van der Waals surface area contributed by atoms with Crippen molar-refractivity contribution >= 4 is 52.3 Å². The molecule has 3 aromatic rings. The fourth-order valence-corrected chi connectivity index (χ4v) is 3.20. The van der Waals surface area contributed by atoms with Crippen molar-refractivity contribution in [3.8, 4) is 0 Å². The molecular weight excluding hydrogens is 371 g/mol. The Morgan fingerprint density at radius 1 is 0.731 bits per heavy atom. The molecule has 0 amide bonds. The van der Waals surface area contributed by atoms with Gasteiger partial charge < -0.3 is 5.11 Å². The average Bonchev–Trinajstić information content (AvgIpc) is 2.68. The van der Waals surface area contributed by atoms with Crippen LogP contribution in [0.3, 0.4) is 0 Å². The van der Waals surface area contributed by atoms with Gasteiger partial charge in [0.2, 0.25) is 0 Å². The Morgan fingerprint density at radius 2 is 1.15 bits per heavy atom. The van der Waals surface area contributed by atoms with Crippen LogP contribution < -0.4 is 8.84 Å². The van der Waals surface area contributed by atoms with E-state index in [1.807, 2.05) is 60.7 Å². The minimum Gasteiger partial charge on any atom is -0.481 e. The average molecular weight is 387 g/mol. The van der Waals surface area contributed by atoms with Gasteiger partial charge in [-0.1, -0.05) is 42.5 Å². The largest absolute Gasteiger partial charge is 0.481 e. The molecule has 0 spiro atoms. The highest BCUT2D eigenvalue weighted by atomic mass is 35.5. The highest BCUT2D eigenvalue weighted by Crippen LogP contribution is 2.39. The number of hydrogen-bond acceptors (Lipinski definition) is 3. The predicted molar refractivity (Wildman–Crippen MR) is 107 cm³/mol. The number of carboxylic acids is 1. The maximum Gasteiger partial charge on any atom is 0.307 e. The number of para-hydroxylation sites is 2. The maximum atomic E-state index is 11.5. The van der Waals surface area contributed by atoms with Crippen LogP contribution in [0.4, 0.5) is 22.7 Å². The Bertz CT molecular complexity index is 825. The topological polar surface area (TPSA) is 43.8 Å². The van der Waals surface area contributed by atoms with Gasteiger partial charge in [0.15, 0.2) is 0 Å². The first kappa shape index (κ1) is 18.1. The van der Waals surface area contributed by atoms with Crippen molar-refractivity contribution in [3.63, 3.8) is 0 Å². The second-order valence-corrected chi connectivity index (χ2v) is 6.25. The number of rotatable bonds is 6. The smallest absolute Gasteiger partial charge is 0.307 e. The van der Waals surface area contributed by atoms with Crippen LogP contribution in [0, 0.1) is 0 Å². The van der Waals surface area contributed by atoms with Crippen LogP contribution >= 0.6 is 23.6 Å². The lowest BCUT2D eigenvalue weighted by Crippen LogP contribution is -2.13. The summed E-state index contributed by atoms with van der Waals surface area (Å²) in [6, 6.07) is 24.0. The van der Waals surface area contributed by atoms with Gasteiger partial charge in [-0.05, 0) is 36.4 Å². The summed E-state index contributed by atoms with van der Waals surface area (Å²) in [5.74, 6) is -0.963. The Kier molecular flexibility index (Phi) is 5.66. The predicted octanol–water partition coefficient (Wildman–Crippen LogP) is 5.90. The van der Waals surface area contributed by atoms with Crippen LogP contribution in [0.5, 0.6) is 0 Å². The van der Waals surface area contributed by atoms with Crippen LogP contribution in [0.1, 0.15) is 5.56 Å². The lowest BCUT2D eigenvalue weighted by atomic mass is 10.1. The van der Waals surface area contributed by atoms with E-state index in [-0.39, 0.29) is 6.42 Å². The van der Waals surface area contributed by atoms with Crippen molar-refractivity contribution in [2.24, 2.45) is 0 Å². The van der Waals surface area contributed by atoms with Crippen LogP contribution in [0.25, 0.3) is 0 Å². The molecule has 0 bridgehead atoms. The zero-order valence-corrected chi connectivity index (χ0v) is 15.2. The third kappa shape index (κ3) is 3.93. The highest BCUT2D eigenvalue weighted by Gasteiger charge is 2.20. The van der Waals surface area contributed by atoms with Crippen LogP contribution in [-0.2, 0) is 11.2 Å². The van der Waals surface area contributed by atoms with Crippen molar-refractivity contribution < 1.29 is 9.90 Å². The van der Waals surface area contributed by atoms with E-state index in [9.17, 15) is 9.90 Å². The molecule has 6 heteroatoms. The van der Waals surface area contributed by atoms with E-state index in [0.717, 1.165) is 11.4 Å². The van der Waals surface area contributed by atoms with E-state index in [2.05, 4.69) is 0 Å². The van der Waals surface area contributed by atoms with Crippen LogP contribution in [-0.4, -0.2) is 11.1 Å². The second-order valence-electron chi connectivity index (χ2n) is 5.58. The number of anilines is 4. The van der Waals surface area contributed by atoms with Gasteiger partial charge in [-0.2, -0.15) is 0 Å². The normalized spacial score (nSPS) is 10.4. The molecule has 0 aliphatic rings. The van der Waals surface area contributed by atoms with E-state index in [4.69, 9.17) is 23.6 Å². The van der Waals surface area contributed by atoms with E-state index in [1.54, 1.807) is 18.2 Å². The number of aliphatic carboxylic acids is 1. The number of nitrogens with zero attached hydrogens (tertiary/aromatic N) is 2. The van der Waals surface area contributed by atoms with Gasteiger partial charge in [-0.3, -0.25) is 13.6 Å². The molecule has 0 aliphatic heterocycles. The molecule has 26 heavy (non-hydrogen) atoms. The van der Waals surface area contributed by atoms with Crippen LogP contribution in [0.2, 0.25) is 0 Å². The first-order valence-corrected chi connectivity index (χ1v) is 8.61. The maximum absolute atomic E-state index is 11.5. The number of carbonyl (C=O) groups is 1. The van der Waals surface area contributed by atoms with Crippen molar-refractivity contribution in [2.75, 3.05) is 8.84 Å². The molecule has 0 atom stereocenters. The fraction of sp³-hybridized carbons (Fsp3) is 0.0500. The first-order valence-electron chi connectivity index (χ1n) is 7.93. The van der Waals surface area contributed by atoms with Gasteiger partial charge in [-0.25, -0.2) is 0 Å². The number of hydrogen-bond donors (Lipinski definition) is 1. The summed E-state index contributed by atoms with van der Waals surface area (Å²) in [6.07, 6.45) is -0.211. The van der Waals surface area contributed by atoms with Gasteiger partial charge in [-0.15, -0.1) is 0 Å². The molecule has 0 aromatic heterocycles. The van der Waals surface area contributed by atoms with E-state index in [0.29, 0.717) is 16.9 Å². The summed E-state index contributed by atoms with van der Waals surface area (Å²) in [7, 11) is 0. The molecule has 0 fully saturated rings. The molecule has 0 radical (unpaired) electrons. The van der Waals surface area contributed by atoms with Crippen molar-refractivity contribution in [3.05, 3.63) is 84.4 Å². The molecule has 4 nitrogen and oxygen atoms in total. The summed E-state index contributed by atoms with van der Waals surface area (Å²) in [5.41, 5.74) is 3.13. The highest BCUT2D eigenvalue weighted by molar-refractivity contribution is 6.31. The molecule has 3 aromatic carbocycles. The fourth-order valence-electron chi connectivity index (χ4n) is 2.66. The molecule has 0 unspecified atom stereocenters. The van der Waals surface area contributed by atoms with E-state index in [1.165, 1.54) is 8.84 Å². The molecule has 1 N–H and O–H groups in total. The van der Waals surface area contributed by atoms with Gasteiger partial charge in [0.25, 0.3) is 0 Å². The second kappa shape index (κ2) is 8.13. The number of halogens is 2. The Labute approximate surface area is 162 Å². The summed E-state index contributed by atoms with van der Waals surface area (Å²) in [6.45, 7) is 0. The number of carboxylic acid groups (broad SMARTS) is 1. The third-order valence-electron chi connectivity index (χ3n) is 3.84. The molecule has 132 valence electrons. The molecular formula is C20H16Cl2N2O2. The Balaban J connectivity index is 2.09. The SMILES string of the molecule is O=C(O)Cc1c(N(Cl)c2ccccc2)cccc1N(Cl)c1ccccc1. The summed E-state index contributed by atoms with van der Waals surface area (Å²) >= 11 is 13.0. The zero-order valence-electron chi connectivity index (χ0n) is 13.7. The van der Waals surface area contributed by atoms with Gasteiger partial charge in [0.05, 0.1) is 29.2 Å². The van der Waals surface area contributed by atoms with Crippen molar-refractivity contribution in [1.82, 2.24) is 0 Å². The summed E-state index contributed by atoms with van der Waals surface area (Å²) < 4.78 is 2.88. The van der Waals surface area contributed by atoms with Gasteiger partial charge in [0.1, 0.15) is 0 Å². The molecule has 0 aliphatic carbocycles. The molecule has 0 saturated carbocycles. The lowest BCUT2D eigenvalue weighted by molar-refractivity contribution is -0.136. The summed E-state index contributed by atoms with van der Waals surface area (Å²) in [5, 5.41) is 9.40. The summed E-state index contributed by atoms with van der Waals surface area (Å²) in [4.78, 5) is 11.5. The molecule has 3 rings (SSSR count). The van der Waals surface area contributed by atoms with Gasteiger partial charge in [0, 0.05) is 29.1 Å².